The molecule has 0 atom stereocenters. The van der Waals surface area contributed by atoms with Crippen molar-refractivity contribution >= 4 is 33.2 Å². The van der Waals surface area contributed by atoms with Crippen LogP contribution in [0.25, 0.3) is 10.4 Å². The summed E-state index contributed by atoms with van der Waals surface area (Å²) in [5.41, 5.74) is 2.75. The third-order valence-electron chi connectivity index (χ3n) is 3.09. The van der Waals surface area contributed by atoms with Crippen LogP contribution in [0.2, 0.25) is 0 Å². The Morgan fingerprint density at radius 2 is 2.32 bits per heavy atom. The minimum atomic E-state index is -0.350. The second-order valence-electron chi connectivity index (χ2n) is 4.19. The van der Waals surface area contributed by atoms with E-state index in [0.717, 1.165) is 17.7 Å². The van der Waals surface area contributed by atoms with Gasteiger partial charge in [0.05, 0.1) is 19.3 Å². The summed E-state index contributed by atoms with van der Waals surface area (Å²) in [5, 5.41) is 2.07. The maximum absolute atomic E-state index is 11.8. The first-order chi connectivity index (χ1) is 9.20. The van der Waals surface area contributed by atoms with Crippen LogP contribution in [0.15, 0.2) is 28.1 Å². The number of hydrogen-bond acceptors (Lipinski definition) is 4. The lowest BCUT2D eigenvalue weighted by Gasteiger charge is -2.10. The first kappa shape index (κ1) is 12.7. The Hall–Kier alpha value is -1.33. The van der Waals surface area contributed by atoms with Crippen LogP contribution < -0.4 is 4.74 Å². The summed E-state index contributed by atoms with van der Waals surface area (Å²) in [7, 11) is 1.38. The van der Waals surface area contributed by atoms with E-state index in [4.69, 9.17) is 9.47 Å². The number of carbonyl (C=O) groups is 1. The van der Waals surface area contributed by atoms with Gasteiger partial charge >= 0.3 is 5.97 Å². The first-order valence-corrected chi connectivity index (χ1v) is 7.49. The Labute approximate surface area is 123 Å². The molecule has 0 saturated carbocycles. The van der Waals surface area contributed by atoms with Crippen molar-refractivity contribution in [1.29, 1.82) is 0 Å². The van der Waals surface area contributed by atoms with Crippen molar-refractivity contribution in [3.63, 3.8) is 0 Å². The Morgan fingerprint density at radius 1 is 1.47 bits per heavy atom. The SMILES string of the molecule is COC(=O)c1cc2c(cc1Br)OCCc1ccsc1-2. The molecular formula is C14H11BrO3S. The molecule has 2 heterocycles. The van der Waals surface area contributed by atoms with E-state index in [2.05, 4.69) is 27.4 Å². The summed E-state index contributed by atoms with van der Waals surface area (Å²) in [6, 6.07) is 5.79. The highest BCUT2D eigenvalue weighted by atomic mass is 79.9. The van der Waals surface area contributed by atoms with Gasteiger partial charge in [-0.25, -0.2) is 4.79 Å². The first-order valence-electron chi connectivity index (χ1n) is 5.82. The van der Waals surface area contributed by atoms with E-state index >= 15 is 0 Å². The van der Waals surface area contributed by atoms with E-state index in [-0.39, 0.29) is 5.97 Å². The molecule has 0 saturated heterocycles. The second-order valence-corrected chi connectivity index (χ2v) is 5.96. The minimum Gasteiger partial charge on any atom is -0.493 e. The second kappa shape index (κ2) is 4.98. The van der Waals surface area contributed by atoms with Gasteiger partial charge in [-0.2, -0.15) is 0 Å². The summed E-state index contributed by atoms with van der Waals surface area (Å²) in [5.74, 6) is 0.456. The lowest BCUT2D eigenvalue weighted by atomic mass is 10.1. The third-order valence-corrected chi connectivity index (χ3v) is 4.74. The zero-order valence-corrected chi connectivity index (χ0v) is 12.6. The molecule has 1 aliphatic rings. The predicted molar refractivity (Wildman–Crippen MR) is 78.0 cm³/mol. The number of hydrogen-bond donors (Lipinski definition) is 0. The number of thiophene rings is 1. The molecule has 19 heavy (non-hydrogen) atoms. The number of esters is 1. The highest BCUT2D eigenvalue weighted by molar-refractivity contribution is 9.10. The Balaban J connectivity index is 2.21. The minimum absolute atomic E-state index is 0.350. The molecule has 3 nitrogen and oxygen atoms in total. The molecule has 1 aliphatic heterocycles. The van der Waals surface area contributed by atoms with E-state index in [9.17, 15) is 4.79 Å². The highest BCUT2D eigenvalue weighted by Crippen LogP contribution is 2.41. The topological polar surface area (TPSA) is 35.5 Å². The molecule has 0 fully saturated rings. The Kier molecular flexibility index (Phi) is 3.33. The van der Waals surface area contributed by atoms with Crippen molar-refractivity contribution < 1.29 is 14.3 Å². The Bertz CT molecular complexity index is 648. The van der Waals surface area contributed by atoms with Crippen LogP contribution in [0, 0.1) is 0 Å². The maximum atomic E-state index is 11.8. The van der Waals surface area contributed by atoms with Crippen molar-refractivity contribution in [2.75, 3.05) is 13.7 Å². The van der Waals surface area contributed by atoms with Crippen LogP contribution in [-0.2, 0) is 11.2 Å². The standard InChI is InChI=1S/C14H11BrO3S/c1-17-14(16)9-6-10-12(7-11(9)15)18-4-2-8-3-5-19-13(8)10/h3,5-7H,2,4H2,1H3. The molecule has 0 N–H and O–H groups in total. The molecular weight excluding hydrogens is 328 g/mol. The molecule has 0 radical (unpaired) electrons. The number of ether oxygens (including phenoxy) is 2. The van der Waals surface area contributed by atoms with Crippen molar-refractivity contribution in [3.8, 4) is 16.2 Å². The summed E-state index contributed by atoms with van der Waals surface area (Å²) >= 11 is 5.06. The van der Waals surface area contributed by atoms with Gasteiger partial charge in [0.1, 0.15) is 5.75 Å². The van der Waals surface area contributed by atoms with Gasteiger partial charge in [0, 0.05) is 21.3 Å². The van der Waals surface area contributed by atoms with Crippen molar-refractivity contribution in [3.05, 3.63) is 39.2 Å². The van der Waals surface area contributed by atoms with E-state index in [1.807, 2.05) is 12.1 Å². The van der Waals surface area contributed by atoms with Crippen molar-refractivity contribution in [2.45, 2.75) is 6.42 Å². The molecule has 0 spiro atoms. The molecule has 5 heteroatoms. The van der Waals surface area contributed by atoms with Crippen LogP contribution in [0.3, 0.4) is 0 Å². The zero-order chi connectivity index (χ0) is 13.4. The summed E-state index contributed by atoms with van der Waals surface area (Å²) in [4.78, 5) is 12.9. The summed E-state index contributed by atoms with van der Waals surface area (Å²) < 4.78 is 11.3. The molecule has 0 aliphatic carbocycles. The van der Waals surface area contributed by atoms with E-state index < -0.39 is 0 Å². The average Bonchev–Trinajstić information content (AvgIpc) is 2.80. The molecule has 1 aromatic heterocycles. The molecule has 0 unspecified atom stereocenters. The van der Waals surface area contributed by atoms with Gasteiger partial charge in [0.2, 0.25) is 0 Å². The predicted octanol–water partition coefficient (Wildman–Crippen LogP) is 3.90. The largest absolute Gasteiger partial charge is 0.493 e. The number of rotatable bonds is 1. The number of methoxy groups -OCH3 is 1. The number of benzene rings is 1. The maximum Gasteiger partial charge on any atom is 0.339 e. The van der Waals surface area contributed by atoms with Gasteiger partial charge < -0.3 is 9.47 Å². The third kappa shape index (κ3) is 2.17. The smallest absolute Gasteiger partial charge is 0.339 e. The van der Waals surface area contributed by atoms with Crippen LogP contribution >= 0.6 is 27.3 Å². The molecule has 0 bridgehead atoms. The molecule has 0 amide bonds. The highest BCUT2D eigenvalue weighted by Gasteiger charge is 2.21. The van der Waals surface area contributed by atoms with Gasteiger partial charge in [-0.05, 0) is 45.1 Å². The molecule has 3 rings (SSSR count). The van der Waals surface area contributed by atoms with Gasteiger partial charge in [0.25, 0.3) is 0 Å². The van der Waals surface area contributed by atoms with Gasteiger partial charge in [-0.15, -0.1) is 11.3 Å². The number of fused-ring (bicyclic) bond motifs is 3. The zero-order valence-electron chi connectivity index (χ0n) is 10.2. The average molecular weight is 339 g/mol. The van der Waals surface area contributed by atoms with E-state index in [0.29, 0.717) is 16.6 Å². The molecule has 2 aromatic rings. The van der Waals surface area contributed by atoms with E-state index in [1.165, 1.54) is 17.6 Å². The molecule has 1 aromatic carbocycles. The quantitative estimate of drug-likeness (QED) is 0.740. The summed E-state index contributed by atoms with van der Waals surface area (Å²) in [6.45, 7) is 0.654. The number of carbonyl (C=O) groups excluding carboxylic acids is 1. The summed E-state index contributed by atoms with van der Waals surface area (Å²) in [6.07, 6.45) is 0.888. The van der Waals surface area contributed by atoms with Crippen LogP contribution in [0.4, 0.5) is 0 Å². The van der Waals surface area contributed by atoms with Gasteiger partial charge in [-0.1, -0.05) is 0 Å². The van der Waals surface area contributed by atoms with Crippen molar-refractivity contribution in [2.24, 2.45) is 0 Å². The fourth-order valence-corrected chi connectivity index (χ4v) is 3.62. The van der Waals surface area contributed by atoms with Crippen LogP contribution in [0.5, 0.6) is 5.75 Å². The normalized spacial score (nSPS) is 12.9. The fourth-order valence-electron chi connectivity index (χ4n) is 2.16. The van der Waals surface area contributed by atoms with Gasteiger partial charge in [0.15, 0.2) is 0 Å². The van der Waals surface area contributed by atoms with Crippen molar-refractivity contribution in [1.82, 2.24) is 0 Å². The fraction of sp³-hybridized carbons (Fsp3) is 0.214. The molecule has 98 valence electrons. The lowest BCUT2D eigenvalue weighted by Crippen LogP contribution is -2.04. The van der Waals surface area contributed by atoms with Gasteiger partial charge in [-0.3, -0.25) is 0 Å². The lowest BCUT2D eigenvalue weighted by molar-refractivity contribution is 0.0599. The number of halogens is 1. The van der Waals surface area contributed by atoms with E-state index in [1.54, 1.807) is 11.3 Å². The van der Waals surface area contributed by atoms with Crippen LogP contribution in [0.1, 0.15) is 15.9 Å². The monoisotopic (exact) mass is 338 g/mol. The van der Waals surface area contributed by atoms with Crippen LogP contribution in [-0.4, -0.2) is 19.7 Å². The Morgan fingerprint density at radius 3 is 3.11 bits per heavy atom.